The first kappa shape index (κ1) is 5.89. The minimum atomic E-state index is -0.312. The van der Waals surface area contributed by atoms with Crippen molar-refractivity contribution >= 4 is 0 Å². The van der Waals surface area contributed by atoms with Crippen molar-refractivity contribution in [1.82, 2.24) is 5.32 Å². The summed E-state index contributed by atoms with van der Waals surface area (Å²) in [7, 11) is 0. The summed E-state index contributed by atoms with van der Waals surface area (Å²) in [6, 6.07) is 0. The number of hydrogen-bond acceptors (Lipinski definition) is 0. The largest absolute Gasteiger partial charge is 0.250 e. The van der Waals surface area contributed by atoms with Crippen LogP contribution in [-0.4, -0.2) is 19.8 Å². The van der Waals surface area contributed by atoms with Crippen LogP contribution in [0, 0.1) is 0 Å². The van der Waals surface area contributed by atoms with Gasteiger partial charge in [-0.3, -0.25) is 0 Å². The van der Waals surface area contributed by atoms with E-state index in [4.69, 9.17) is 0 Å². The second kappa shape index (κ2) is 4.89. The van der Waals surface area contributed by atoms with E-state index in [0.29, 0.717) is 6.54 Å². The van der Waals surface area contributed by atoms with Crippen molar-refractivity contribution in [2.24, 2.45) is 0 Å². The second-order valence-corrected chi connectivity index (χ2v) is 0.952. The Morgan fingerprint density at radius 1 is 1.67 bits per heavy atom. The number of alkyl halides is 1. The lowest BCUT2D eigenvalue weighted by molar-refractivity contribution is 0.468. The molecule has 6 heavy (non-hydrogen) atoms. The van der Waals surface area contributed by atoms with E-state index in [1.165, 1.54) is 0 Å². The molecule has 0 saturated carbocycles. The molecule has 1 radical (unpaired) electrons. The Morgan fingerprint density at radius 3 is 2.50 bits per heavy atom. The molecule has 0 spiro atoms. The smallest absolute Gasteiger partial charge is 0.103 e. The zero-order valence-electron chi connectivity index (χ0n) is 3.95. The third-order valence-electron chi connectivity index (χ3n) is 0.466. The normalized spacial score (nSPS) is 9.00. The molecule has 0 aromatic rings. The number of rotatable bonds is 3. The maximum atomic E-state index is 11.1. The predicted molar refractivity (Wildman–Crippen MR) is 23.5 cm³/mol. The minimum Gasteiger partial charge on any atom is -0.250 e. The lowest BCUT2D eigenvalue weighted by atomic mass is 10.6. The standard InChI is InChI=1S/C4H9FN/c1-2-6-4-3-5/h2-4H2,1H3. The molecule has 0 heterocycles. The molecular weight excluding hydrogens is 81.0 g/mol. The van der Waals surface area contributed by atoms with Crippen molar-refractivity contribution in [2.75, 3.05) is 19.8 Å². The Hall–Kier alpha value is -0.110. The van der Waals surface area contributed by atoms with E-state index in [2.05, 4.69) is 5.32 Å². The summed E-state index contributed by atoms with van der Waals surface area (Å²) in [6.07, 6.45) is 0. The zero-order valence-corrected chi connectivity index (χ0v) is 3.95. The summed E-state index contributed by atoms with van der Waals surface area (Å²) < 4.78 is 11.1. The van der Waals surface area contributed by atoms with E-state index in [1.54, 1.807) is 0 Å². The van der Waals surface area contributed by atoms with Gasteiger partial charge in [0, 0.05) is 13.1 Å². The fraction of sp³-hybridized carbons (Fsp3) is 1.00. The summed E-state index contributed by atoms with van der Waals surface area (Å²) in [5, 5.41) is 3.72. The maximum absolute atomic E-state index is 11.1. The molecule has 0 rings (SSSR count). The third-order valence-corrected chi connectivity index (χ3v) is 0.466. The van der Waals surface area contributed by atoms with Crippen LogP contribution in [0.25, 0.3) is 0 Å². The molecule has 0 aliphatic rings. The lowest BCUT2D eigenvalue weighted by Crippen LogP contribution is -2.06. The highest BCUT2D eigenvalue weighted by atomic mass is 19.1. The quantitative estimate of drug-likeness (QED) is 0.450. The Kier molecular flexibility index (Phi) is 4.80. The number of halogens is 1. The van der Waals surface area contributed by atoms with Gasteiger partial charge in [-0.2, -0.15) is 0 Å². The van der Waals surface area contributed by atoms with Crippen LogP contribution in [0.3, 0.4) is 0 Å². The van der Waals surface area contributed by atoms with E-state index in [9.17, 15) is 4.39 Å². The van der Waals surface area contributed by atoms with Gasteiger partial charge in [-0.15, -0.1) is 0 Å². The van der Waals surface area contributed by atoms with Gasteiger partial charge in [0.2, 0.25) is 0 Å². The summed E-state index contributed by atoms with van der Waals surface area (Å²) in [6.45, 7) is 2.70. The molecular formula is C4H9FN. The van der Waals surface area contributed by atoms with Gasteiger partial charge in [0.1, 0.15) is 6.67 Å². The van der Waals surface area contributed by atoms with Gasteiger partial charge in [0.15, 0.2) is 0 Å². The van der Waals surface area contributed by atoms with Crippen molar-refractivity contribution in [3.63, 3.8) is 0 Å². The average molecular weight is 90.1 g/mol. The SMILES string of the molecule is CC[N]CCF. The van der Waals surface area contributed by atoms with Crippen LogP contribution in [0.1, 0.15) is 6.92 Å². The molecule has 1 nitrogen and oxygen atoms in total. The topological polar surface area (TPSA) is 14.1 Å². The predicted octanol–water partition coefficient (Wildman–Crippen LogP) is 0.580. The van der Waals surface area contributed by atoms with E-state index in [-0.39, 0.29) is 6.67 Å². The second-order valence-electron chi connectivity index (χ2n) is 0.952. The first-order valence-corrected chi connectivity index (χ1v) is 2.11. The third kappa shape index (κ3) is 3.89. The summed E-state index contributed by atoms with van der Waals surface area (Å²) in [5.74, 6) is 0. The van der Waals surface area contributed by atoms with Crippen LogP contribution in [0.4, 0.5) is 4.39 Å². The highest BCUT2D eigenvalue weighted by Crippen LogP contribution is 1.62. The summed E-state index contributed by atoms with van der Waals surface area (Å²) >= 11 is 0. The highest BCUT2D eigenvalue weighted by molar-refractivity contribution is 4.34. The van der Waals surface area contributed by atoms with Gasteiger partial charge in [-0.25, -0.2) is 9.71 Å². The zero-order chi connectivity index (χ0) is 4.83. The molecule has 0 atom stereocenters. The molecule has 2 heteroatoms. The van der Waals surface area contributed by atoms with Crippen molar-refractivity contribution in [3.8, 4) is 0 Å². The first-order valence-electron chi connectivity index (χ1n) is 2.11. The number of hydrogen-bond donors (Lipinski definition) is 0. The summed E-state index contributed by atoms with van der Waals surface area (Å²) in [5.41, 5.74) is 0. The molecule has 0 saturated heterocycles. The van der Waals surface area contributed by atoms with Crippen molar-refractivity contribution in [2.45, 2.75) is 6.92 Å². The fourth-order valence-electron chi connectivity index (χ4n) is 0.218. The van der Waals surface area contributed by atoms with E-state index < -0.39 is 0 Å². The van der Waals surface area contributed by atoms with Crippen molar-refractivity contribution in [3.05, 3.63) is 0 Å². The van der Waals surface area contributed by atoms with Gasteiger partial charge in [0.25, 0.3) is 0 Å². The van der Waals surface area contributed by atoms with Gasteiger partial charge in [-0.1, -0.05) is 6.92 Å². The average Bonchev–Trinajstić information content (AvgIpc) is 1.61. The van der Waals surface area contributed by atoms with Crippen LogP contribution < -0.4 is 5.32 Å². The molecule has 0 aromatic carbocycles. The Labute approximate surface area is 37.5 Å². The van der Waals surface area contributed by atoms with Crippen LogP contribution in [0.2, 0.25) is 0 Å². The van der Waals surface area contributed by atoms with Gasteiger partial charge >= 0.3 is 0 Å². The first-order chi connectivity index (χ1) is 2.91. The van der Waals surface area contributed by atoms with E-state index in [0.717, 1.165) is 6.54 Å². The molecule has 0 aliphatic heterocycles. The molecule has 0 unspecified atom stereocenters. The molecule has 0 amide bonds. The molecule has 0 aliphatic carbocycles. The van der Waals surface area contributed by atoms with Gasteiger partial charge < -0.3 is 0 Å². The van der Waals surface area contributed by atoms with Crippen LogP contribution in [0.5, 0.6) is 0 Å². The van der Waals surface area contributed by atoms with E-state index >= 15 is 0 Å². The monoisotopic (exact) mass is 90.1 g/mol. The molecule has 0 fully saturated rings. The number of nitrogens with zero attached hydrogens (tertiary/aromatic N) is 1. The fourth-order valence-corrected chi connectivity index (χ4v) is 0.218. The van der Waals surface area contributed by atoms with Crippen molar-refractivity contribution < 1.29 is 4.39 Å². The van der Waals surface area contributed by atoms with Crippen LogP contribution in [0.15, 0.2) is 0 Å². The molecule has 0 bridgehead atoms. The maximum Gasteiger partial charge on any atom is 0.103 e. The van der Waals surface area contributed by atoms with Gasteiger partial charge in [-0.05, 0) is 0 Å². The Balaban J connectivity index is 2.34. The highest BCUT2D eigenvalue weighted by Gasteiger charge is 1.76. The molecule has 0 aromatic heterocycles. The van der Waals surface area contributed by atoms with E-state index in [1.807, 2.05) is 6.92 Å². The lowest BCUT2D eigenvalue weighted by Gasteiger charge is -1.86. The summed E-state index contributed by atoms with van der Waals surface area (Å²) in [4.78, 5) is 0. The minimum absolute atomic E-state index is 0.312. The van der Waals surface area contributed by atoms with Crippen LogP contribution in [-0.2, 0) is 0 Å². The Bertz CT molecular complexity index is 19.5. The molecule has 0 N–H and O–H groups in total. The Morgan fingerprint density at radius 2 is 2.33 bits per heavy atom. The van der Waals surface area contributed by atoms with Crippen molar-refractivity contribution in [1.29, 1.82) is 0 Å². The van der Waals surface area contributed by atoms with Crippen LogP contribution >= 0.6 is 0 Å². The molecule has 37 valence electrons. The van der Waals surface area contributed by atoms with Gasteiger partial charge in [0.05, 0.1) is 0 Å².